The van der Waals surface area contributed by atoms with Crippen LogP contribution in [0.25, 0.3) is 0 Å². The van der Waals surface area contributed by atoms with Crippen molar-refractivity contribution in [3.8, 4) is 5.75 Å². The van der Waals surface area contributed by atoms with Crippen molar-refractivity contribution >= 4 is 52.4 Å². The molecule has 2 aromatic carbocycles. The van der Waals surface area contributed by atoms with Crippen molar-refractivity contribution in [1.29, 1.82) is 0 Å². The van der Waals surface area contributed by atoms with E-state index in [-0.39, 0.29) is 20.8 Å². The molecule has 9 heteroatoms. The lowest BCUT2D eigenvalue weighted by molar-refractivity contribution is -0.149. The molecule has 25 heavy (non-hydrogen) atoms. The summed E-state index contributed by atoms with van der Waals surface area (Å²) >= 11 is 17.5. The van der Waals surface area contributed by atoms with Gasteiger partial charge < -0.3 is 14.8 Å². The van der Waals surface area contributed by atoms with Crippen LogP contribution in [0.1, 0.15) is 0 Å². The zero-order valence-electron chi connectivity index (χ0n) is 12.5. The molecule has 1 amide bonds. The number of hydrogen-bond donors (Lipinski definition) is 1. The van der Waals surface area contributed by atoms with Gasteiger partial charge in [0.25, 0.3) is 5.91 Å². The summed E-state index contributed by atoms with van der Waals surface area (Å²) < 4.78 is 22.7. The van der Waals surface area contributed by atoms with Gasteiger partial charge in [-0.3, -0.25) is 4.79 Å². The van der Waals surface area contributed by atoms with Gasteiger partial charge in [0.05, 0.1) is 15.1 Å². The number of nitrogens with one attached hydrogen (secondary N) is 1. The number of esters is 1. The topological polar surface area (TPSA) is 64.6 Å². The van der Waals surface area contributed by atoms with Gasteiger partial charge in [0.1, 0.15) is 11.6 Å². The number of benzene rings is 2. The first-order chi connectivity index (χ1) is 11.8. The monoisotopic (exact) mass is 405 g/mol. The smallest absolute Gasteiger partial charge is 0.344 e. The van der Waals surface area contributed by atoms with Crippen LogP contribution in [0.15, 0.2) is 36.4 Å². The Labute approximate surface area is 157 Å². The van der Waals surface area contributed by atoms with Gasteiger partial charge in [0, 0.05) is 11.8 Å². The van der Waals surface area contributed by atoms with Crippen molar-refractivity contribution in [3.63, 3.8) is 0 Å². The maximum absolute atomic E-state index is 12.8. The molecule has 0 aliphatic heterocycles. The van der Waals surface area contributed by atoms with Gasteiger partial charge in [-0.15, -0.1) is 0 Å². The minimum Gasteiger partial charge on any atom is -0.480 e. The number of halogens is 4. The molecule has 2 rings (SSSR count). The minimum atomic E-state index is -0.781. The summed E-state index contributed by atoms with van der Waals surface area (Å²) in [6.45, 7) is -0.990. The van der Waals surface area contributed by atoms with Gasteiger partial charge >= 0.3 is 5.97 Å². The standard InChI is InChI=1S/C16H11Cl3FNO4/c17-11-5-13(19)14(6-12(11)18)24-8-16(23)25-7-15(22)21-10-3-1-9(20)2-4-10/h1-6H,7-8H2,(H,21,22). The maximum atomic E-state index is 12.8. The van der Waals surface area contributed by atoms with E-state index in [9.17, 15) is 14.0 Å². The van der Waals surface area contributed by atoms with Crippen molar-refractivity contribution in [2.75, 3.05) is 18.5 Å². The number of ether oxygens (including phenoxy) is 2. The number of carbonyl (C=O) groups excluding carboxylic acids is 2. The van der Waals surface area contributed by atoms with Crippen LogP contribution < -0.4 is 10.1 Å². The number of amides is 1. The van der Waals surface area contributed by atoms with Gasteiger partial charge in [0.15, 0.2) is 13.2 Å². The third kappa shape index (κ3) is 6.08. The van der Waals surface area contributed by atoms with Gasteiger partial charge in [-0.25, -0.2) is 9.18 Å². The molecule has 0 saturated carbocycles. The van der Waals surface area contributed by atoms with E-state index < -0.39 is 30.9 Å². The molecule has 0 heterocycles. The fourth-order valence-corrected chi connectivity index (χ4v) is 2.26. The lowest BCUT2D eigenvalue weighted by Gasteiger charge is -2.09. The van der Waals surface area contributed by atoms with E-state index in [2.05, 4.69) is 5.32 Å². The Kier molecular flexibility index (Phi) is 6.87. The predicted molar refractivity (Wildman–Crippen MR) is 93.0 cm³/mol. The normalized spacial score (nSPS) is 10.2. The van der Waals surface area contributed by atoms with Crippen molar-refractivity contribution in [2.24, 2.45) is 0 Å². The molecule has 0 aliphatic rings. The Morgan fingerprint density at radius 3 is 2.28 bits per heavy atom. The number of rotatable bonds is 6. The van der Waals surface area contributed by atoms with Crippen LogP contribution in [0.5, 0.6) is 5.75 Å². The van der Waals surface area contributed by atoms with E-state index >= 15 is 0 Å². The first-order valence-corrected chi connectivity index (χ1v) is 7.97. The summed E-state index contributed by atoms with van der Waals surface area (Å²) in [4.78, 5) is 23.2. The molecular formula is C16H11Cl3FNO4. The molecule has 0 saturated heterocycles. The summed E-state index contributed by atoms with van der Waals surface area (Å²) in [5, 5.41) is 3.09. The van der Waals surface area contributed by atoms with Crippen LogP contribution in [0.4, 0.5) is 10.1 Å². The molecule has 132 valence electrons. The fraction of sp³-hybridized carbons (Fsp3) is 0.125. The molecule has 0 atom stereocenters. The van der Waals surface area contributed by atoms with Crippen LogP contribution in [0.2, 0.25) is 15.1 Å². The van der Waals surface area contributed by atoms with Gasteiger partial charge in [0.2, 0.25) is 0 Å². The number of hydrogen-bond acceptors (Lipinski definition) is 4. The summed E-state index contributed by atoms with van der Waals surface area (Å²) in [7, 11) is 0. The lowest BCUT2D eigenvalue weighted by Crippen LogP contribution is -2.23. The minimum absolute atomic E-state index is 0.156. The van der Waals surface area contributed by atoms with E-state index in [1.54, 1.807) is 0 Å². The van der Waals surface area contributed by atoms with E-state index in [0.29, 0.717) is 5.69 Å². The average Bonchev–Trinajstić information content (AvgIpc) is 2.57. The highest BCUT2D eigenvalue weighted by Gasteiger charge is 2.12. The predicted octanol–water partition coefficient (Wildman–Crippen LogP) is 4.35. The van der Waals surface area contributed by atoms with E-state index in [1.165, 1.54) is 36.4 Å². The highest BCUT2D eigenvalue weighted by Crippen LogP contribution is 2.33. The van der Waals surface area contributed by atoms with Crippen LogP contribution in [0, 0.1) is 5.82 Å². The zero-order valence-corrected chi connectivity index (χ0v) is 14.8. The van der Waals surface area contributed by atoms with Crippen LogP contribution in [-0.4, -0.2) is 25.1 Å². The van der Waals surface area contributed by atoms with Crippen molar-refractivity contribution in [2.45, 2.75) is 0 Å². The largest absolute Gasteiger partial charge is 0.480 e. The van der Waals surface area contributed by atoms with Crippen molar-refractivity contribution in [3.05, 3.63) is 57.3 Å². The van der Waals surface area contributed by atoms with Gasteiger partial charge in [-0.05, 0) is 30.3 Å². The van der Waals surface area contributed by atoms with E-state index in [4.69, 9.17) is 44.3 Å². The molecule has 0 bridgehead atoms. The molecule has 2 aromatic rings. The van der Waals surface area contributed by atoms with E-state index in [1.807, 2.05) is 0 Å². The molecule has 1 N–H and O–H groups in total. The Bertz CT molecular complexity index is 784. The van der Waals surface area contributed by atoms with Crippen molar-refractivity contribution < 1.29 is 23.5 Å². The quantitative estimate of drug-likeness (QED) is 0.572. The second kappa shape index (κ2) is 8.89. The molecular weight excluding hydrogens is 396 g/mol. The van der Waals surface area contributed by atoms with Crippen LogP contribution >= 0.6 is 34.8 Å². The Hall–Kier alpha value is -2.02. The Balaban J connectivity index is 1.78. The highest BCUT2D eigenvalue weighted by molar-refractivity contribution is 6.43. The van der Waals surface area contributed by atoms with Crippen LogP contribution in [0.3, 0.4) is 0 Å². The summed E-state index contributed by atoms with van der Waals surface area (Å²) in [5.74, 6) is -1.63. The van der Waals surface area contributed by atoms with Crippen molar-refractivity contribution in [1.82, 2.24) is 0 Å². The maximum Gasteiger partial charge on any atom is 0.344 e. The van der Waals surface area contributed by atoms with E-state index in [0.717, 1.165) is 0 Å². The fourth-order valence-electron chi connectivity index (χ4n) is 1.67. The highest BCUT2D eigenvalue weighted by atomic mass is 35.5. The third-order valence-electron chi connectivity index (χ3n) is 2.81. The lowest BCUT2D eigenvalue weighted by atomic mass is 10.3. The van der Waals surface area contributed by atoms with Gasteiger partial charge in [-0.1, -0.05) is 34.8 Å². The SMILES string of the molecule is O=C(COC(=O)COc1cc(Cl)c(Cl)cc1Cl)Nc1ccc(F)cc1. The molecule has 0 fully saturated rings. The second-order valence-corrected chi connectivity index (χ2v) is 5.92. The summed E-state index contributed by atoms with van der Waals surface area (Å²) in [5.41, 5.74) is 0.376. The Morgan fingerprint density at radius 2 is 1.60 bits per heavy atom. The zero-order chi connectivity index (χ0) is 18.4. The molecule has 5 nitrogen and oxygen atoms in total. The summed E-state index contributed by atoms with van der Waals surface area (Å²) in [6.07, 6.45) is 0. The van der Waals surface area contributed by atoms with Gasteiger partial charge in [-0.2, -0.15) is 0 Å². The molecule has 0 unspecified atom stereocenters. The first-order valence-electron chi connectivity index (χ1n) is 6.83. The Morgan fingerprint density at radius 1 is 0.960 bits per heavy atom. The third-order valence-corrected chi connectivity index (χ3v) is 3.83. The molecule has 0 aromatic heterocycles. The second-order valence-electron chi connectivity index (χ2n) is 4.70. The number of carbonyl (C=O) groups is 2. The molecule has 0 spiro atoms. The van der Waals surface area contributed by atoms with Crippen LogP contribution in [-0.2, 0) is 14.3 Å². The molecule has 0 radical (unpaired) electrons. The average molecular weight is 407 g/mol. The first kappa shape index (κ1) is 19.3. The summed E-state index contributed by atoms with van der Waals surface area (Å²) in [6, 6.07) is 7.88. The number of anilines is 1. The molecule has 0 aliphatic carbocycles.